The first-order chi connectivity index (χ1) is 6.65. The van der Waals surface area contributed by atoms with Crippen LogP contribution in [-0.2, 0) is 0 Å². The van der Waals surface area contributed by atoms with Crippen LogP contribution in [0.5, 0.6) is 0 Å². The lowest BCUT2D eigenvalue weighted by Gasteiger charge is -2.26. The molecule has 1 heterocycles. The Kier molecular flexibility index (Phi) is 3.51. The van der Waals surface area contributed by atoms with E-state index >= 15 is 0 Å². The van der Waals surface area contributed by atoms with Crippen molar-refractivity contribution in [2.45, 2.75) is 19.9 Å². The Balaban J connectivity index is 2.87. The van der Waals surface area contributed by atoms with Crippen molar-refractivity contribution in [3.63, 3.8) is 0 Å². The fourth-order valence-corrected chi connectivity index (χ4v) is 1.28. The summed E-state index contributed by atoms with van der Waals surface area (Å²) in [6.07, 6.45) is 3.55. The van der Waals surface area contributed by atoms with E-state index in [1.165, 1.54) is 0 Å². The fourth-order valence-electron chi connectivity index (χ4n) is 1.28. The maximum atomic E-state index is 5.58. The molecule has 76 valence electrons. The summed E-state index contributed by atoms with van der Waals surface area (Å²) in [4.78, 5) is 6.43. The Morgan fingerprint density at radius 3 is 2.71 bits per heavy atom. The van der Waals surface area contributed by atoms with Gasteiger partial charge in [0.1, 0.15) is 5.82 Å². The smallest absolute Gasteiger partial charge is 0.129 e. The quantitative estimate of drug-likeness (QED) is 0.741. The van der Waals surface area contributed by atoms with E-state index in [-0.39, 0.29) is 0 Å². The predicted molar refractivity (Wildman–Crippen MR) is 61.3 cm³/mol. The largest absolute Gasteiger partial charge is 0.397 e. The van der Waals surface area contributed by atoms with Gasteiger partial charge in [0.25, 0.3) is 0 Å². The zero-order chi connectivity index (χ0) is 10.6. The monoisotopic (exact) mass is 191 g/mol. The Bertz CT molecular complexity index is 290. The second kappa shape index (κ2) is 4.65. The van der Waals surface area contributed by atoms with Crippen molar-refractivity contribution in [1.82, 2.24) is 4.98 Å². The van der Waals surface area contributed by atoms with Crippen molar-refractivity contribution in [3.8, 4) is 0 Å². The predicted octanol–water partition coefficient (Wildman–Crippen LogP) is 2.06. The van der Waals surface area contributed by atoms with Gasteiger partial charge in [-0.3, -0.25) is 0 Å². The minimum atomic E-state index is 0.407. The van der Waals surface area contributed by atoms with Crippen LogP contribution in [0, 0.1) is 0 Å². The lowest BCUT2D eigenvalue weighted by Crippen LogP contribution is -2.31. The highest BCUT2D eigenvalue weighted by Crippen LogP contribution is 2.14. The van der Waals surface area contributed by atoms with E-state index in [2.05, 4.69) is 30.3 Å². The number of nitrogens with two attached hydrogens (primary N) is 1. The second-order valence-corrected chi connectivity index (χ2v) is 3.48. The lowest BCUT2D eigenvalue weighted by molar-refractivity contribution is 0.713. The molecular formula is C11H17N3. The lowest BCUT2D eigenvalue weighted by atomic mass is 10.3. The van der Waals surface area contributed by atoms with Crippen molar-refractivity contribution in [2.24, 2.45) is 0 Å². The molecule has 0 atom stereocenters. The molecule has 1 aromatic rings. The van der Waals surface area contributed by atoms with Gasteiger partial charge in [0.15, 0.2) is 0 Å². The average molecular weight is 191 g/mol. The molecule has 0 fully saturated rings. The average Bonchev–Trinajstić information content (AvgIpc) is 2.15. The van der Waals surface area contributed by atoms with Crippen LogP contribution in [0.1, 0.15) is 13.8 Å². The molecule has 0 saturated heterocycles. The van der Waals surface area contributed by atoms with E-state index in [1.54, 1.807) is 6.20 Å². The van der Waals surface area contributed by atoms with E-state index < -0.39 is 0 Å². The van der Waals surface area contributed by atoms with E-state index in [9.17, 15) is 0 Å². The van der Waals surface area contributed by atoms with E-state index in [4.69, 9.17) is 5.73 Å². The van der Waals surface area contributed by atoms with Gasteiger partial charge in [-0.05, 0) is 26.0 Å². The zero-order valence-corrected chi connectivity index (χ0v) is 8.77. The second-order valence-electron chi connectivity index (χ2n) is 3.48. The van der Waals surface area contributed by atoms with Gasteiger partial charge in [-0.1, -0.05) is 6.08 Å². The van der Waals surface area contributed by atoms with Crippen LogP contribution in [-0.4, -0.2) is 17.6 Å². The minimum absolute atomic E-state index is 0.407. The topological polar surface area (TPSA) is 42.1 Å². The van der Waals surface area contributed by atoms with E-state index in [1.807, 2.05) is 18.2 Å². The molecule has 0 amide bonds. The summed E-state index contributed by atoms with van der Waals surface area (Å²) in [6.45, 7) is 8.79. The summed E-state index contributed by atoms with van der Waals surface area (Å²) < 4.78 is 0. The van der Waals surface area contributed by atoms with Gasteiger partial charge in [0.2, 0.25) is 0 Å². The summed E-state index contributed by atoms with van der Waals surface area (Å²) >= 11 is 0. The number of hydrogen-bond acceptors (Lipinski definition) is 3. The summed E-state index contributed by atoms with van der Waals surface area (Å²) in [5.41, 5.74) is 6.27. The number of anilines is 2. The Hall–Kier alpha value is -1.51. The summed E-state index contributed by atoms with van der Waals surface area (Å²) in [6, 6.07) is 4.20. The van der Waals surface area contributed by atoms with Crippen LogP contribution in [0.3, 0.4) is 0 Å². The molecule has 1 rings (SSSR count). The molecule has 0 saturated carbocycles. The van der Waals surface area contributed by atoms with Gasteiger partial charge in [-0.15, -0.1) is 6.58 Å². The van der Waals surface area contributed by atoms with Crippen molar-refractivity contribution in [2.75, 3.05) is 17.2 Å². The molecule has 0 aliphatic rings. The standard InChI is InChI=1S/C11H17N3/c1-4-7-14(9(2)3)11-6-5-10(12)8-13-11/h4-6,8-9H,1,7,12H2,2-3H3. The molecule has 1 aromatic heterocycles. The molecule has 3 nitrogen and oxygen atoms in total. The summed E-state index contributed by atoms with van der Waals surface area (Å²) in [5, 5.41) is 0. The number of rotatable bonds is 4. The number of aromatic nitrogens is 1. The van der Waals surface area contributed by atoms with Gasteiger partial charge in [0, 0.05) is 12.6 Å². The molecule has 0 bridgehead atoms. The van der Waals surface area contributed by atoms with Crippen LogP contribution in [0.4, 0.5) is 11.5 Å². The van der Waals surface area contributed by atoms with Crippen LogP contribution in [0.15, 0.2) is 31.0 Å². The van der Waals surface area contributed by atoms with Gasteiger partial charge < -0.3 is 10.6 Å². The molecule has 2 N–H and O–H groups in total. The first-order valence-electron chi connectivity index (χ1n) is 4.74. The third-order valence-electron chi connectivity index (χ3n) is 2.01. The third kappa shape index (κ3) is 2.49. The third-order valence-corrected chi connectivity index (χ3v) is 2.01. The van der Waals surface area contributed by atoms with Gasteiger partial charge in [0.05, 0.1) is 11.9 Å². The number of nitrogens with zero attached hydrogens (tertiary/aromatic N) is 2. The molecule has 0 aliphatic heterocycles. The minimum Gasteiger partial charge on any atom is -0.397 e. The molecule has 0 aliphatic carbocycles. The SMILES string of the molecule is C=CCN(c1ccc(N)cn1)C(C)C. The normalized spacial score (nSPS) is 10.2. The van der Waals surface area contributed by atoms with Crippen LogP contribution in [0.2, 0.25) is 0 Å². The summed E-state index contributed by atoms with van der Waals surface area (Å²) in [7, 11) is 0. The van der Waals surface area contributed by atoms with E-state index in [0.29, 0.717) is 11.7 Å². The van der Waals surface area contributed by atoms with Crippen molar-refractivity contribution >= 4 is 11.5 Å². The van der Waals surface area contributed by atoms with Crippen LogP contribution >= 0.6 is 0 Å². The Morgan fingerprint density at radius 1 is 1.57 bits per heavy atom. The molecular weight excluding hydrogens is 174 g/mol. The zero-order valence-electron chi connectivity index (χ0n) is 8.77. The number of pyridine rings is 1. The maximum absolute atomic E-state index is 5.58. The molecule has 0 radical (unpaired) electrons. The molecule has 14 heavy (non-hydrogen) atoms. The molecule has 0 aromatic carbocycles. The van der Waals surface area contributed by atoms with E-state index in [0.717, 1.165) is 12.4 Å². The molecule has 0 unspecified atom stereocenters. The Morgan fingerprint density at radius 2 is 2.29 bits per heavy atom. The molecule has 0 spiro atoms. The van der Waals surface area contributed by atoms with Crippen molar-refractivity contribution in [1.29, 1.82) is 0 Å². The highest BCUT2D eigenvalue weighted by molar-refractivity contribution is 5.46. The number of hydrogen-bond donors (Lipinski definition) is 1. The Labute approximate surface area is 85.3 Å². The highest BCUT2D eigenvalue weighted by atomic mass is 15.2. The highest BCUT2D eigenvalue weighted by Gasteiger charge is 2.09. The molecule has 3 heteroatoms. The van der Waals surface area contributed by atoms with Crippen molar-refractivity contribution in [3.05, 3.63) is 31.0 Å². The van der Waals surface area contributed by atoms with Crippen molar-refractivity contribution < 1.29 is 0 Å². The van der Waals surface area contributed by atoms with Gasteiger partial charge in [-0.25, -0.2) is 4.98 Å². The van der Waals surface area contributed by atoms with Gasteiger partial charge >= 0.3 is 0 Å². The maximum Gasteiger partial charge on any atom is 0.129 e. The van der Waals surface area contributed by atoms with Crippen LogP contribution in [0.25, 0.3) is 0 Å². The number of nitrogen functional groups attached to an aromatic ring is 1. The summed E-state index contributed by atoms with van der Waals surface area (Å²) in [5.74, 6) is 0.939. The first kappa shape index (κ1) is 10.6. The van der Waals surface area contributed by atoms with Gasteiger partial charge in [-0.2, -0.15) is 0 Å². The van der Waals surface area contributed by atoms with Crippen LogP contribution < -0.4 is 10.6 Å². The first-order valence-corrected chi connectivity index (χ1v) is 4.74. The fraction of sp³-hybridized carbons (Fsp3) is 0.364.